The topological polar surface area (TPSA) is 66.0 Å². The van der Waals surface area contributed by atoms with Crippen molar-refractivity contribution in [1.82, 2.24) is 5.32 Å². The van der Waals surface area contributed by atoms with Crippen LogP contribution in [0, 0.1) is 0 Å². The first-order valence-corrected chi connectivity index (χ1v) is 8.62. The first-order valence-electron chi connectivity index (χ1n) is 8.62. The molecule has 6 heteroatoms. The van der Waals surface area contributed by atoms with Gasteiger partial charge in [0.1, 0.15) is 18.1 Å². The molecule has 0 aliphatic carbocycles. The van der Waals surface area contributed by atoms with Gasteiger partial charge in [0.05, 0.1) is 26.9 Å². The fourth-order valence-electron chi connectivity index (χ4n) is 2.32. The van der Waals surface area contributed by atoms with E-state index < -0.39 is 0 Å². The van der Waals surface area contributed by atoms with Gasteiger partial charge in [-0.3, -0.25) is 4.79 Å². The van der Waals surface area contributed by atoms with Crippen LogP contribution in [0.5, 0.6) is 23.0 Å². The van der Waals surface area contributed by atoms with Gasteiger partial charge in [0.2, 0.25) is 0 Å². The number of carbonyl (C=O) groups is 1. The number of ether oxygens (including phenoxy) is 4. The summed E-state index contributed by atoms with van der Waals surface area (Å²) in [7, 11) is 1.60. The van der Waals surface area contributed by atoms with Crippen molar-refractivity contribution in [2.24, 2.45) is 0 Å². The molecule has 0 saturated carbocycles. The second-order valence-corrected chi connectivity index (χ2v) is 5.31. The molecule has 140 valence electrons. The van der Waals surface area contributed by atoms with Crippen molar-refractivity contribution in [3.8, 4) is 23.0 Å². The molecular weight excluding hydrogens is 334 g/mol. The molecule has 1 N–H and O–H groups in total. The molecular formula is C20H25NO5. The third-order valence-corrected chi connectivity index (χ3v) is 3.50. The zero-order valence-electron chi connectivity index (χ0n) is 15.4. The molecule has 2 rings (SSSR count). The minimum atomic E-state index is -0.191. The van der Waals surface area contributed by atoms with Crippen LogP contribution in [0.25, 0.3) is 0 Å². The minimum absolute atomic E-state index is 0.191. The number of hydrogen-bond acceptors (Lipinski definition) is 5. The lowest BCUT2D eigenvalue weighted by atomic mass is 10.2. The second-order valence-electron chi connectivity index (χ2n) is 5.31. The fourth-order valence-corrected chi connectivity index (χ4v) is 2.32. The molecule has 1 amide bonds. The van der Waals surface area contributed by atoms with Crippen molar-refractivity contribution in [1.29, 1.82) is 0 Å². The molecule has 0 bridgehead atoms. The number of carbonyl (C=O) groups excluding carboxylic acids is 1. The van der Waals surface area contributed by atoms with Crippen LogP contribution in [0.15, 0.2) is 42.5 Å². The number of rotatable bonds is 10. The number of nitrogens with one attached hydrogen (secondary N) is 1. The smallest absolute Gasteiger partial charge is 0.251 e. The second kappa shape index (κ2) is 10.2. The maximum Gasteiger partial charge on any atom is 0.251 e. The van der Waals surface area contributed by atoms with Gasteiger partial charge >= 0.3 is 0 Å². The van der Waals surface area contributed by atoms with Crippen molar-refractivity contribution >= 4 is 5.91 Å². The van der Waals surface area contributed by atoms with Gasteiger partial charge in [0.25, 0.3) is 5.91 Å². The van der Waals surface area contributed by atoms with E-state index in [0.717, 1.165) is 5.75 Å². The van der Waals surface area contributed by atoms with Gasteiger partial charge in [0, 0.05) is 11.6 Å². The normalized spacial score (nSPS) is 10.1. The van der Waals surface area contributed by atoms with Crippen molar-refractivity contribution < 1.29 is 23.7 Å². The van der Waals surface area contributed by atoms with Crippen LogP contribution < -0.4 is 24.3 Å². The molecule has 0 fully saturated rings. The molecule has 0 spiro atoms. The highest BCUT2D eigenvalue weighted by Crippen LogP contribution is 2.28. The Bertz CT molecular complexity index is 717. The molecule has 0 radical (unpaired) electrons. The van der Waals surface area contributed by atoms with Crippen molar-refractivity contribution in [2.75, 3.05) is 33.5 Å². The predicted molar refractivity (Wildman–Crippen MR) is 99.6 cm³/mol. The van der Waals surface area contributed by atoms with E-state index in [2.05, 4.69) is 5.32 Å². The summed E-state index contributed by atoms with van der Waals surface area (Å²) in [6.07, 6.45) is 0. The van der Waals surface area contributed by atoms with E-state index in [-0.39, 0.29) is 5.91 Å². The lowest BCUT2D eigenvalue weighted by Crippen LogP contribution is -2.28. The van der Waals surface area contributed by atoms with Crippen LogP contribution in [0.4, 0.5) is 0 Å². The molecule has 0 aromatic heterocycles. The predicted octanol–water partition coefficient (Wildman–Crippen LogP) is 3.30. The summed E-state index contributed by atoms with van der Waals surface area (Å²) in [5.74, 6) is 2.42. The van der Waals surface area contributed by atoms with Gasteiger partial charge in [-0.15, -0.1) is 0 Å². The average Bonchev–Trinajstić information content (AvgIpc) is 2.67. The van der Waals surface area contributed by atoms with Gasteiger partial charge < -0.3 is 24.3 Å². The Morgan fingerprint density at radius 1 is 0.923 bits per heavy atom. The standard InChI is InChI=1S/C20H25NO5/c1-4-24-18-10-9-15(13-19(18)25-5-2)20(22)21-11-12-26-17-8-6-7-16(14-17)23-3/h6-10,13-14H,4-5,11-12H2,1-3H3,(H,21,22). The van der Waals surface area contributed by atoms with E-state index >= 15 is 0 Å². The van der Waals surface area contributed by atoms with E-state index in [9.17, 15) is 4.79 Å². The van der Waals surface area contributed by atoms with Crippen molar-refractivity contribution in [2.45, 2.75) is 13.8 Å². The van der Waals surface area contributed by atoms with E-state index in [1.807, 2.05) is 32.0 Å². The van der Waals surface area contributed by atoms with Gasteiger partial charge in [-0.05, 0) is 44.2 Å². The third kappa shape index (κ3) is 5.58. The molecule has 0 heterocycles. The maximum absolute atomic E-state index is 12.3. The highest BCUT2D eigenvalue weighted by molar-refractivity contribution is 5.94. The summed E-state index contributed by atoms with van der Waals surface area (Å²) in [6.45, 7) is 5.56. The molecule has 2 aromatic carbocycles. The monoisotopic (exact) mass is 359 g/mol. The summed E-state index contributed by atoms with van der Waals surface area (Å²) in [5, 5.41) is 2.83. The van der Waals surface area contributed by atoms with Gasteiger partial charge in [-0.1, -0.05) is 6.07 Å². The van der Waals surface area contributed by atoms with Crippen molar-refractivity contribution in [3.63, 3.8) is 0 Å². The largest absolute Gasteiger partial charge is 0.497 e. The van der Waals surface area contributed by atoms with E-state index in [4.69, 9.17) is 18.9 Å². The van der Waals surface area contributed by atoms with E-state index in [1.165, 1.54) is 0 Å². The molecule has 2 aromatic rings. The first-order chi connectivity index (χ1) is 12.7. The molecule has 6 nitrogen and oxygen atoms in total. The fraction of sp³-hybridized carbons (Fsp3) is 0.350. The Kier molecular flexibility index (Phi) is 7.61. The highest BCUT2D eigenvalue weighted by atomic mass is 16.5. The van der Waals surface area contributed by atoms with Gasteiger partial charge in [-0.25, -0.2) is 0 Å². The first kappa shape index (κ1) is 19.4. The van der Waals surface area contributed by atoms with Crippen LogP contribution in [0.2, 0.25) is 0 Å². The zero-order chi connectivity index (χ0) is 18.8. The lowest BCUT2D eigenvalue weighted by Gasteiger charge is -2.13. The van der Waals surface area contributed by atoms with E-state index in [0.29, 0.717) is 49.2 Å². The van der Waals surface area contributed by atoms with E-state index in [1.54, 1.807) is 31.4 Å². The maximum atomic E-state index is 12.3. The van der Waals surface area contributed by atoms with Crippen LogP contribution in [-0.2, 0) is 0 Å². The SMILES string of the molecule is CCOc1ccc(C(=O)NCCOc2cccc(OC)c2)cc1OCC. The molecule has 0 aliphatic rings. The molecule has 0 unspecified atom stereocenters. The Hall–Kier alpha value is -2.89. The van der Waals surface area contributed by atoms with Gasteiger partial charge in [0.15, 0.2) is 11.5 Å². The molecule has 0 saturated heterocycles. The number of methoxy groups -OCH3 is 1. The Balaban J connectivity index is 1.87. The number of hydrogen-bond donors (Lipinski definition) is 1. The van der Waals surface area contributed by atoms with Crippen LogP contribution in [0.1, 0.15) is 24.2 Å². The minimum Gasteiger partial charge on any atom is -0.497 e. The average molecular weight is 359 g/mol. The zero-order valence-corrected chi connectivity index (χ0v) is 15.4. The van der Waals surface area contributed by atoms with Crippen LogP contribution in [0.3, 0.4) is 0 Å². The van der Waals surface area contributed by atoms with Gasteiger partial charge in [-0.2, -0.15) is 0 Å². The molecule has 0 atom stereocenters. The Labute approximate surface area is 154 Å². The summed E-state index contributed by atoms with van der Waals surface area (Å²) < 4.78 is 21.8. The Morgan fingerprint density at radius 3 is 2.38 bits per heavy atom. The summed E-state index contributed by atoms with van der Waals surface area (Å²) in [5.41, 5.74) is 0.512. The van der Waals surface area contributed by atoms with Crippen molar-refractivity contribution in [3.05, 3.63) is 48.0 Å². The summed E-state index contributed by atoms with van der Waals surface area (Å²) >= 11 is 0. The lowest BCUT2D eigenvalue weighted by molar-refractivity contribution is 0.0946. The quantitative estimate of drug-likeness (QED) is 0.660. The molecule has 0 aliphatic heterocycles. The highest BCUT2D eigenvalue weighted by Gasteiger charge is 2.11. The van der Waals surface area contributed by atoms with Crippen LogP contribution >= 0.6 is 0 Å². The number of amides is 1. The Morgan fingerprint density at radius 2 is 1.65 bits per heavy atom. The summed E-state index contributed by atoms with van der Waals surface area (Å²) in [6, 6.07) is 12.5. The third-order valence-electron chi connectivity index (χ3n) is 3.50. The number of benzene rings is 2. The van der Waals surface area contributed by atoms with Crippen LogP contribution in [-0.4, -0.2) is 39.4 Å². The molecule has 26 heavy (non-hydrogen) atoms. The summed E-state index contributed by atoms with van der Waals surface area (Å²) in [4.78, 5) is 12.3.